The molecule has 14 atom stereocenters. The highest BCUT2D eigenvalue weighted by molar-refractivity contribution is 8.00. The molecule has 0 spiro atoms. The summed E-state index contributed by atoms with van der Waals surface area (Å²) in [5.41, 5.74) is 30.8. The number of phenolic OH excluding ortho intramolecular Hbond substituents is 1. The van der Waals surface area contributed by atoms with Crippen LogP contribution in [0.25, 0.3) is 0 Å². The van der Waals surface area contributed by atoms with Gasteiger partial charge in [0.05, 0.1) is 38.2 Å². The summed E-state index contributed by atoms with van der Waals surface area (Å²) >= 11 is 0.723. The first-order valence-corrected chi connectivity index (χ1v) is 48.1. The molecule has 0 saturated carbocycles. The van der Waals surface area contributed by atoms with E-state index in [1.54, 1.807) is 115 Å². The van der Waals surface area contributed by atoms with E-state index in [0.29, 0.717) is 40.8 Å². The first kappa shape index (κ1) is 116. The molecule has 1 saturated heterocycles. The molecular weight excluding hydrogens is 1890 g/mol. The lowest BCUT2D eigenvalue weighted by Gasteiger charge is -2.39. The summed E-state index contributed by atoms with van der Waals surface area (Å²) in [5.74, 6) is -24.9. The number of aliphatic hydroxyl groups is 1. The van der Waals surface area contributed by atoms with Crippen LogP contribution in [0.15, 0.2) is 140 Å². The van der Waals surface area contributed by atoms with Crippen molar-refractivity contribution in [3.63, 3.8) is 0 Å². The minimum Gasteiger partial charge on any atom is -0.508 e. The number of nitrogens with two attached hydrogens (primary N) is 5. The fourth-order valence-electron chi connectivity index (χ4n) is 15.9. The number of thioether (sulfide) groups is 1. The van der Waals surface area contributed by atoms with E-state index < -0.39 is 272 Å². The maximum absolute atomic E-state index is 15.6. The third-order valence-corrected chi connectivity index (χ3v) is 24.6. The van der Waals surface area contributed by atoms with Crippen LogP contribution in [0.3, 0.4) is 0 Å². The van der Waals surface area contributed by atoms with Crippen molar-refractivity contribution >= 4 is 136 Å². The number of amides is 18. The maximum atomic E-state index is 15.6. The summed E-state index contributed by atoms with van der Waals surface area (Å²) < 4.78 is 0. The lowest BCUT2D eigenvalue weighted by atomic mass is 9.92. The van der Waals surface area contributed by atoms with E-state index in [0.717, 1.165) is 33.5 Å². The maximum Gasteiger partial charge on any atom is 0.305 e. The largest absolute Gasteiger partial charge is 0.508 e. The highest BCUT2D eigenvalue weighted by Gasteiger charge is 2.45. The van der Waals surface area contributed by atoms with Crippen LogP contribution < -0.4 is 108 Å². The number of rotatable bonds is 33. The number of nitrogens with zero attached hydrogens (tertiary/aromatic N) is 3. The van der Waals surface area contributed by atoms with Crippen molar-refractivity contribution in [2.75, 3.05) is 58.4 Å². The molecule has 0 aromatic heterocycles. The van der Waals surface area contributed by atoms with E-state index in [9.17, 15) is 58.5 Å². The predicted molar refractivity (Wildman–Crippen MR) is 528 cm³/mol. The Bertz CT molecular complexity index is 5320. The number of carbonyl (C=O) groups excluding carboxylic acids is 18. The predicted octanol–water partition coefficient (Wildman–Crippen LogP) is -5.48. The third kappa shape index (κ3) is 38.2. The van der Waals surface area contributed by atoms with Gasteiger partial charge in [-0.05, 0) is 103 Å². The Morgan fingerprint density at radius 2 is 0.840 bits per heavy atom. The van der Waals surface area contributed by atoms with Gasteiger partial charge >= 0.3 is 5.97 Å². The van der Waals surface area contributed by atoms with Crippen LogP contribution in [0, 0.1) is 16.7 Å². The molecule has 47 nitrogen and oxygen atoms in total. The molecule has 30 N–H and O–H groups in total. The minimum atomic E-state index is -2.12. The Kier molecular flexibility index (Phi) is 46.7. The zero-order chi connectivity index (χ0) is 106. The molecule has 2 heterocycles. The lowest BCUT2D eigenvalue weighted by Crippen LogP contribution is -2.63. The molecule has 780 valence electrons. The number of guanidine groups is 2. The molecule has 0 aliphatic carbocycles. The number of unbranched alkanes of at least 4 members (excludes halogenated alkanes) is 1. The number of aliphatic carboxylic acids is 1. The van der Waals surface area contributed by atoms with Crippen LogP contribution in [-0.2, 0) is 130 Å². The van der Waals surface area contributed by atoms with E-state index in [4.69, 9.17) is 39.5 Å². The van der Waals surface area contributed by atoms with Gasteiger partial charge in [0.2, 0.25) is 106 Å². The molecule has 0 bridgehead atoms. The van der Waals surface area contributed by atoms with Crippen LogP contribution >= 0.6 is 11.8 Å². The molecule has 144 heavy (non-hydrogen) atoms. The molecule has 5 aromatic carbocycles. The second kappa shape index (κ2) is 58.1. The number of carboxylic acids is 1. The number of hydrogen-bond acceptors (Lipinski definition) is 25. The van der Waals surface area contributed by atoms with Crippen LogP contribution in [0.2, 0.25) is 0 Å². The lowest BCUT2D eigenvalue weighted by molar-refractivity contribution is -0.149. The highest BCUT2D eigenvalue weighted by atomic mass is 32.2. The first-order chi connectivity index (χ1) is 68.4. The number of aliphatic hydroxyl groups excluding tert-OH is 1. The third-order valence-electron chi connectivity index (χ3n) is 23.6. The molecule has 0 radical (unpaired) electrons. The summed E-state index contributed by atoms with van der Waals surface area (Å²) in [7, 11) is 2.35. The zero-order valence-corrected chi connectivity index (χ0v) is 81.8. The van der Waals surface area contributed by atoms with Gasteiger partial charge in [-0.15, -0.1) is 11.8 Å². The standard InChI is InChI=1S/C96H133N25O22S/c1-53(2)80-91(140)113-67(45-75(97)124)86(135)112-66(41-58-33-35-61(123)36-34-58)85(134)110-62(30-18-19-37-104-54(3)4)82(131)109-63(31-20-38-105-95(100)101)83(132)114-69(47-79(128)129)94(143)121-49-60-29-17-16-28-59(60)44-74(121)90(139)115-68(46-76(98)125)93(142)120(6)73(43-57-26-14-9-15-27-57)89(138)117-71(81(130)107-48-77(99)126)51-144-52-78(127)108-65(40-55-22-10-7-11-23-55)84(133)111-64(32-21-39-106-96(102)103)92(141)119(5)72(42-56-24-12-8-13-25-56)88(137)116-70(50-122)87(136)118-80/h7-17,22-29,33-36,53-54,62-74,80,104,122-123H,18-21,30-32,37-52H2,1-6H3,(H2,97,124)(H2,98,125)(H2,99,126)(H,107,130)(H,108,127)(H,109,131)(H,110,134)(H,111,133)(H,112,135)(H,113,140)(H,114,132)(H,115,139)(H,116,137)(H,117,138)(H,118,136)(H,128,129)(H4,100,101,105)(H4,102,103,106)/t62-,63-,64+,65+,66+,67+,68+,69-,70-,71+,72+,73+,74?,80-/m1/s1. The molecule has 1 fully saturated rings. The molecule has 5 aromatic rings. The van der Waals surface area contributed by atoms with Crippen molar-refractivity contribution in [2.45, 2.75) is 221 Å². The summed E-state index contributed by atoms with van der Waals surface area (Å²) in [6.07, 6.45) is -5.36. The average Bonchev–Trinajstić information content (AvgIpc) is 0.780. The number of likely N-dealkylation sites (N-methyl/N-ethyl adjacent to an activating group) is 2. The Hall–Kier alpha value is -15.4. The fourth-order valence-corrected chi connectivity index (χ4v) is 16.8. The second-order valence-electron chi connectivity index (χ2n) is 35.6. The summed E-state index contributed by atoms with van der Waals surface area (Å²) in [5, 5.41) is 86.6. The van der Waals surface area contributed by atoms with E-state index in [2.05, 4.69) is 79.8 Å². The smallest absolute Gasteiger partial charge is 0.305 e. The van der Waals surface area contributed by atoms with Gasteiger partial charge < -0.3 is 138 Å². The Balaban J connectivity index is 1.38. The zero-order valence-electron chi connectivity index (χ0n) is 81.0. The molecule has 2 aliphatic heterocycles. The van der Waals surface area contributed by atoms with Gasteiger partial charge in [-0.1, -0.05) is 155 Å². The van der Waals surface area contributed by atoms with Crippen LogP contribution in [0.1, 0.15) is 125 Å². The van der Waals surface area contributed by atoms with Crippen LogP contribution in [0.4, 0.5) is 0 Å². The highest BCUT2D eigenvalue weighted by Crippen LogP contribution is 2.27. The first-order valence-electron chi connectivity index (χ1n) is 47.0. The fraction of sp³-hybridized carbons (Fsp3) is 0.469. The van der Waals surface area contributed by atoms with Gasteiger partial charge in [0.25, 0.3) is 0 Å². The van der Waals surface area contributed by atoms with E-state index in [1.165, 1.54) is 45.2 Å². The molecule has 2 aliphatic rings. The normalized spacial score (nSPS) is 22.6. The van der Waals surface area contributed by atoms with Crippen LogP contribution in [-0.4, -0.2) is 303 Å². The van der Waals surface area contributed by atoms with Crippen molar-refractivity contribution in [3.8, 4) is 5.75 Å². The average molecular weight is 2020 g/mol. The summed E-state index contributed by atoms with van der Waals surface area (Å²) in [6, 6.07) is 11.2. The van der Waals surface area contributed by atoms with Crippen molar-refractivity contribution in [2.24, 2.45) is 34.6 Å². The van der Waals surface area contributed by atoms with Gasteiger partial charge in [-0.3, -0.25) is 102 Å². The van der Waals surface area contributed by atoms with Gasteiger partial charge in [-0.2, -0.15) is 0 Å². The number of primary amides is 3. The number of fused-ring (bicyclic) bond motifs is 2. The van der Waals surface area contributed by atoms with E-state index in [-0.39, 0.29) is 94.7 Å². The van der Waals surface area contributed by atoms with Crippen molar-refractivity contribution in [1.82, 2.24) is 94.5 Å². The number of phenols is 1. The number of carboxylic acid groups (broad SMARTS) is 1. The van der Waals surface area contributed by atoms with Crippen LogP contribution in [0.5, 0.6) is 5.75 Å². The van der Waals surface area contributed by atoms with Crippen molar-refractivity contribution in [3.05, 3.63) is 173 Å². The van der Waals surface area contributed by atoms with E-state index in [1.807, 2.05) is 13.8 Å². The SMILES string of the molecule is CC(C)NCCCC[C@H]1NC(=O)[C@H](Cc2ccc(O)cc2)NC(=O)[C@H](CC(N)=O)NC(=O)[C@@H](C(C)C)NC(=O)[C@@H](CO)NC(=O)[C@H](Cc2ccccc2)N(C)C(=O)[C@H](CCCNC(=N)N)NC(=O)[C@H](Cc2ccccc2)NC(=O)CSC[C@@H](C(=O)NCC(N)=O)NC(=O)[C@H](Cc2ccccc2)N(C)C(=O)[C@H](CC(N)=O)NC(=O)C2Cc3ccccc3CN2C(=O)[C@@H](CC(=O)O)NC(=O)[C@@H](CCCNC(=N)N)NC1=O. The van der Waals surface area contributed by atoms with Gasteiger partial charge in [0.1, 0.15) is 90.3 Å². The number of carbonyl (C=O) groups is 19. The van der Waals surface area contributed by atoms with E-state index >= 15 is 47.9 Å². The number of hydrogen-bond donors (Lipinski definition) is 25. The van der Waals surface area contributed by atoms with Crippen molar-refractivity contribution < 1.29 is 106 Å². The van der Waals surface area contributed by atoms with Crippen molar-refractivity contribution in [1.29, 1.82) is 10.8 Å². The van der Waals surface area contributed by atoms with Gasteiger partial charge in [-0.25, -0.2) is 0 Å². The monoisotopic (exact) mass is 2020 g/mol. The number of nitrogens with one attached hydrogen (secondary N) is 17. The number of aromatic hydroxyl groups is 1. The van der Waals surface area contributed by atoms with Gasteiger partial charge in [0.15, 0.2) is 11.9 Å². The molecule has 18 amide bonds. The minimum absolute atomic E-state index is 0.00320. The topological polar surface area (TPSA) is 753 Å². The molecule has 7 rings (SSSR count). The number of benzene rings is 5. The van der Waals surface area contributed by atoms with Gasteiger partial charge in [0, 0.05) is 77.6 Å². The Morgan fingerprint density at radius 1 is 0.424 bits per heavy atom. The molecular formula is C96H133N25O22S. The summed E-state index contributed by atoms with van der Waals surface area (Å²) in [6.45, 7) is 4.45. The Labute approximate surface area is 836 Å². The summed E-state index contributed by atoms with van der Waals surface area (Å²) in [4.78, 5) is 281. The quantitative estimate of drug-likeness (QED) is 0.0106. The second-order valence-corrected chi connectivity index (χ2v) is 36.6. The Morgan fingerprint density at radius 3 is 1.35 bits per heavy atom. The molecule has 1 unspecified atom stereocenters. The molecule has 48 heteroatoms.